The minimum atomic E-state index is -0.792. The zero-order chi connectivity index (χ0) is 23.5. The Morgan fingerprint density at radius 3 is 2.64 bits per heavy atom. The van der Waals surface area contributed by atoms with Crippen LogP contribution in [0.3, 0.4) is 0 Å². The molecule has 2 heterocycles. The maximum atomic E-state index is 11.8. The number of primary amides is 1. The number of phenols is 1. The van der Waals surface area contributed by atoms with Crippen molar-refractivity contribution in [2.24, 2.45) is 5.73 Å². The molecule has 2 aromatic carbocycles. The van der Waals surface area contributed by atoms with E-state index in [-0.39, 0.29) is 23.2 Å². The molecule has 10 heteroatoms. The summed E-state index contributed by atoms with van der Waals surface area (Å²) in [7, 11) is 1.61. The van der Waals surface area contributed by atoms with Gasteiger partial charge in [0.25, 0.3) is 5.91 Å². The highest BCUT2D eigenvalue weighted by molar-refractivity contribution is 5.96. The van der Waals surface area contributed by atoms with E-state index >= 15 is 0 Å². The fraction of sp³-hybridized carbons (Fsp3) is 0.304. The Morgan fingerprint density at radius 1 is 1.15 bits per heavy atom. The Kier molecular flexibility index (Phi) is 6.27. The van der Waals surface area contributed by atoms with Gasteiger partial charge >= 0.3 is 0 Å². The van der Waals surface area contributed by atoms with Crippen LogP contribution in [0.25, 0.3) is 0 Å². The first-order valence-electron chi connectivity index (χ1n) is 10.7. The third-order valence-electron chi connectivity index (χ3n) is 5.62. The SMILES string of the molecule is COc1cc2c(cc1Nc1nnc(C(N)=O)c(Nc3ccccc3O)n1)CN(C(C)C)CC2. The van der Waals surface area contributed by atoms with E-state index in [4.69, 9.17) is 10.5 Å². The van der Waals surface area contributed by atoms with Gasteiger partial charge in [-0.25, -0.2) is 0 Å². The molecule has 10 nitrogen and oxygen atoms in total. The van der Waals surface area contributed by atoms with Crippen molar-refractivity contribution in [1.29, 1.82) is 0 Å². The number of aromatic nitrogens is 3. The van der Waals surface area contributed by atoms with Gasteiger partial charge in [0, 0.05) is 19.1 Å². The highest BCUT2D eigenvalue weighted by Gasteiger charge is 2.22. The molecule has 0 saturated carbocycles. The van der Waals surface area contributed by atoms with Crippen LogP contribution < -0.4 is 21.1 Å². The summed E-state index contributed by atoms with van der Waals surface area (Å²) >= 11 is 0. The molecule has 1 amide bonds. The summed E-state index contributed by atoms with van der Waals surface area (Å²) in [6.07, 6.45) is 0.949. The third kappa shape index (κ3) is 4.80. The van der Waals surface area contributed by atoms with Crippen LogP contribution in [0, 0.1) is 0 Å². The largest absolute Gasteiger partial charge is 0.506 e. The quantitative estimate of drug-likeness (QED) is 0.401. The Hall–Kier alpha value is -3.92. The second-order valence-electron chi connectivity index (χ2n) is 8.10. The van der Waals surface area contributed by atoms with Gasteiger partial charge in [0.05, 0.1) is 18.5 Å². The molecule has 1 aliphatic rings. The number of anilines is 4. The lowest BCUT2D eigenvalue weighted by Crippen LogP contribution is -2.35. The number of phenolic OH excluding ortho intramolecular Hbond substituents is 1. The van der Waals surface area contributed by atoms with Crippen LogP contribution in [0.2, 0.25) is 0 Å². The zero-order valence-electron chi connectivity index (χ0n) is 18.8. The number of carbonyl (C=O) groups is 1. The van der Waals surface area contributed by atoms with Gasteiger partial charge in [-0.1, -0.05) is 12.1 Å². The number of hydrogen-bond donors (Lipinski definition) is 4. The first-order chi connectivity index (χ1) is 15.9. The summed E-state index contributed by atoms with van der Waals surface area (Å²) < 4.78 is 5.59. The van der Waals surface area contributed by atoms with Crippen molar-refractivity contribution in [2.45, 2.75) is 32.9 Å². The molecule has 0 atom stereocenters. The van der Waals surface area contributed by atoms with Crippen molar-refractivity contribution in [3.8, 4) is 11.5 Å². The van der Waals surface area contributed by atoms with Crippen molar-refractivity contribution < 1.29 is 14.6 Å². The van der Waals surface area contributed by atoms with Gasteiger partial charge in [0.2, 0.25) is 5.95 Å². The number of rotatable bonds is 7. The summed E-state index contributed by atoms with van der Waals surface area (Å²) in [5.74, 6) is 0.0772. The molecular weight excluding hydrogens is 422 g/mol. The van der Waals surface area contributed by atoms with E-state index in [1.165, 1.54) is 17.2 Å². The highest BCUT2D eigenvalue weighted by Crippen LogP contribution is 2.34. The average Bonchev–Trinajstić information content (AvgIpc) is 2.79. The summed E-state index contributed by atoms with van der Waals surface area (Å²) in [4.78, 5) is 18.6. The van der Waals surface area contributed by atoms with Crippen LogP contribution in [0.1, 0.15) is 35.5 Å². The number of amides is 1. The number of ether oxygens (including phenoxy) is 1. The Balaban J connectivity index is 1.67. The Bertz CT molecular complexity index is 1180. The number of nitrogens with one attached hydrogen (secondary N) is 2. The highest BCUT2D eigenvalue weighted by atomic mass is 16.5. The van der Waals surface area contributed by atoms with Crippen LogP contribution in [-0.2, 0) is 13.0 Å². The molecule has 0 saturated heterocycles. The number of nitrogens with zero attached hydrogens (tertiary/aromatic N) is 4. The number of benzene rings is 2. The molecule has 0 fully saturated rings. The molecule has 5 N–H and O–H groups in total. The lowest BCUT2D eigenvalue weighted by molar-refractivity contribution is 0.0995. The van der Waals surface area contributed by atoms with Crippen LogP contribution in [-0.4, -0.2) is 50.8 Å². The molecular formula is C23H27N7O3. The van der Waals surface area contributed by atoms with E-state index in [0.29, 0.717) is 23.2 Å². The Morgan fingerprint density at radius 2 is 1.94 bits per heavy atom. The number of hydrogen-bond acceptors (Lipinski definition) is 9. The zero-order valence-corrected chi connectivity index (χ0v) is 18.8. The fourth-order valence-corrected chi connectivity index (χ4v) is 3.78. The first kappa shape index (κ1) is 22.3. The maximum absolute atomic E-state index is 11.8. The molecule has 1 aliphatic heterocycles. The van der Waals surface area contributed by atoms with E-state index < -0.39 is 5.91 Å². The first-order valence-corrected chi connectivity index (χ1v) is 10.7. The molecule has 0 spiro atoms. The van der Waals surface area contributed by atoms with Gasteiger partial charge in [-0.15, -0.1) is 10.2 Å². The minimum Gasteiger partial charge on any atom is -0.506 e. The number of carbonyl (C=O) groups excluding carboxylic acids is 1. The molecule has 1 aromatic heterocycles. The van der Waals surface area contributed by atoms with Gasteiger partial charge in [0.1, 0.15) is 11.5 Å². The van der Waals surface area contributed by atoms with Crippen molar-refractivity contribution in [1.82, 2.24) is 20.1 Å². The van der Waals surface area contributed by atoms with E-state index in [0.717, 1.165) is 19.5 Å². The standard InChI is InChI=1S/C23H27N7O3/c1-13(2)30-9-8-14-11-19(33-3)17(10-15(14)12-30)26-23-27-22(20(21(24)32)28-29-23)25-16-6-4-5-7-18(16)31/h4-7,10-11,13,31H,8-9,12H2,1-3H3,(H2,24,32)(H2,25,26,27,29). The summed E-state index contributed by atoms with van der Waals surface area (Å²) in [5.41, 5.74) is 8.78. The van der Waals surface area contributed by atoms with E-state index in [9.17, 15) is 9.90 Å². The number of aromatic hydroxyl groups is 1. The maximum Gasteiger partial charge on any atom is 0.273 e. The number of fused-ring (bicyclic) bond motifs is 1. The Labute approximate surface area is 191 Å². The summed E-state index contributed by atoms with van der Waals surface area (Å²) in [5, 5.41) is 24.1. The predicted molar refractivity (Wildman–Crippen MR) is 125 cm³/mol. The van der Waals surface area contributed by atoms with Crippen LogP contribution in [0.5, 0.6) is 11.5 Å². The molecule has 0 aliphatic carbocycles. The van der Waals surface area contributed by atoms with Gasteiger partial charge in [-0.2, -0.15) is 4.98 Å². The number of para-hydroxylation sites is 2. The topological polar surface area (TPSA) is 139 Å². The van der Waals surface area contributed by atoms with Crippen LogP contribution in [0.4, 0.5) is 23.1 Å². The number of nitrogens with two attached hydrogens (primary N) is 1. The fourth-order valence-electron chi connectivity index (χ4n) is 3.78. The molecule has 4 rings (SSSR count). The lowest BCUT2D eigenvalue weighted by Gasteiger charge is -2.32. The van der Waals surface area contributed by atoms with E-state index in [2.05, 4.69) is 44.6 Å². The van der Waals surface area contributed by atoms with E-state index in [1.54, 1.807) is 25.3 Å². The second-order valence-corrected chi connectivity index (χ2v) is 8.10. The van der Waals surface area contributed by atoms with Crippen LogP contribution >= 0.6 is 0 Å². The molecule has 3 aromatic rings. The van der Waals surface area contributed by atoms with Gasteiger partial charge in [0.15, 0.2) is 11.5 Å². The predicted octanol–water partition coefficient (Wildman–Crippen LogP) is 2.94. The molecule has 0 radical (unpaired) electrons. The van der Waals surface area contributed by atoms with Crippen molar-refractivity contribution >= 4 is 29.0 Å². The summed E-state index contributed by atoms with van der Waals surface area (Å²) in [6.45, 7) is 6.22. The average molecular weight is 450 g/mol. The smallest absolute Gasteiger partial charge is 0.273 e. The van der Waals surface area contributed by atoms with Gasteiger partial charge in [-0.3, -0.25) is 9.69 Å². The monoisotopic (exact) mass is 449 g/mol. The second kappa shape index (κ2) is 9.29. The molecule has 33 heavy (non-hydrogen) atoms. The molecule has 172 valence electrons. The molecule has 0 unspecified atom stereocenters. The van der Waals surface area contributed by atoms with Crippen LogP contribution in [0.15, 0.2) is 36.4 Å². The van der Waals surface area contributed by atoms with Crippen molar-refractivity contribution in [2.75, 3.05) is 24.3 Å². The van der Waals surface area contributed by atoms with Crippen molar-refractivity contribution in [3.05, 3.63) is 53.2 Å². The lowest BCUT2D eigenvalue weighted by atomic mass is 9.97. The van der Waals surface area contributed by atoms with E-state index in [1.807, 2.05) is 12.1 Å². The van der Waals surface area contributed by atoms with Gasteiger partial charge < -0.3 is 26.2 Å². The third-order valence-corrected chi connectivity index (χ3v) is 5.62. The summed E-state index contributed by atoms with van der Waals surface area (Å²) in [6, 6.07) is 11.1. The minimum absolute atomic E-state index is 0.00731. The van der Waals surface area contributed by atoms with Gasteiger partial charge in [-0.05, 0) is 55.7 Å². The van der Waals surface area contributed by atoms with Crippen molar-refractivity contribution in [3.63, 3.8) is 0 Å². The molecule has 0 bridgehead atoms. The normalized spacial score (nSPS) is 13.5. The number of methoxy groups -OCH3 is 1.